The van der Waals surface area contributed by atoms with Gasteiger partial charge in [-0.2, -0.15) is 0 Å². The third-order valence-corrected chi connectivity index (χ3v) is 4.71. The van der Waals surface area contributed by atoms with E-state index in [1.54, 1.807) is 12.1 Å². The lowest BCUT2D eigenvalue weighted by Gasteiger charge is -2.19. The number of ether oxygens (including phenoxy) is 2. The molecule has 1 aromatic carbocycles. The summed E-state index contributed by atoms with van der Waals surface area (Å²) >= 11 is 6.06. The molecule has 0 saturated heterocycles. The van der Waals surface area contributed by atoms with Gasteiger partial charge < -0.3 is 25.4 Å². The highest BCUT2D eigenvalue weighted by Gasteiger charge is 2.24. The van der Waals surface area contributed by atoms with E-state index in [9.17, 15) is 14.4 Å². The van der Waals surface area contributed by atoms with E-state index < -0.39 is 11.9 Å². The number of amides is 3. The van der Waals surface area contributed by atoms with Crippen LogP contribution in [0, 0.1) is 0 Å². The third-order valence-electron chi connectivity index (χ3n) is 4.47. The topological polar surface area (TPSA) is 106 Å². The van der Waals surface area contributed by atoms with E-state index in [1.807, 2.05) is 0 Å². The van der Waals surface area contributed by atoms with E-state index in [2.05, 4.69) is 16.0 Å². The molecule has 1 heterocycles. The van der Waals surface area contributed by atoms with Crippen LogP contribution in [-0.4, -0.2) is 57.2 Å². The van der Waals surface area contributed by atoms with Crippen LogP contribution in [0.1, 0.15) is 42.5 Å². The van der Waals surface area contributed by atoms with Crippen LogP contribution in [-0.2, 0) is 14.3 Å². The van der Waals surface area contributed by atoms with E-state index in [0.29, 0.717) is 37.1 Å². The zero-order valence-corrected chi connectivity index (χ0v) is 17.3. The highest BCUT2D eigenvalue weighted by atomic mass is 35.5. The fourth-order valence-electron chi connectivity index (χ4n) is 2.89. The maximum absolute atomic E-state index is 12.9. The summed E-state index contributed by atoms with van der Waals surface area (Å²) in [7, 11) is 1.53. The van der Waals surface area contributed by atoms with Crippen molar-refractivity contribution in [1.29, 1.82) is 0 Å². The molecule has 9 heteroatoms. The molecule has 2 rings (SSSR count). The Hall–Kier alpha value is -2.32. The third kappa shape index (κ3) is 7.91. The number of hydrogen-bond donors (Lipinski definition) is 3. The molecule has 0 fully saturated rings. The number of nitrogens with one attached hydrogen (secondary N) is 3. The van der Waals surface area contributed by atoms with Gasteiger partial charge in [-0.3, -0.25) is 14.4 Å². The average molecular weight is 426 g/mol. The molecule has 1 aromatic rings. The number of halogens is 1. The zero-order valence-electron chi connectivity index (χ0n) is 16.6. The van der Waals surface area contributed by atoms with Crippen molar-refractivity contribution in [3.05, 3.63) is 28.8 Å². The molecular weight excluding hydrogens is 398 g/mol. The molecule has 0 radical (unpaired) electrons. The van der Waals surface area contributed by atoms with Gasteiger partial charge in [0, 0.05) is 31.6 Å². The van der Waals surface area contributed by atoms with Gasteiger partial charge >= 0.3 is 0 Å². The Bertz CT molecular complexity index is 713. The van der Waals surface area contributed by atoms with Crippen molar-refractivity contribution < 1.29 is 23.9 Å². The first-order valence-corrected chi connectivity index (χ1v) is 10.2. The minimum atomic E-state index is -0.873. The molecule has 1 aliphatic rings. The minimum Gasteiger partial charge on any atom is -0.493 e. The largest absolute Gasteiger partial charge is 0.493 e. The summed E-state index contributed by atoms with van der Waals surface area (Å²) in [6, 6.07) is 3.94. The molecule has 0 spiro atoms. The van der Waals surface area contributed by atoms with Crippen molar-refractivity contribution in [2.24, 2.45) is 0 Å². The van der Waals surface area contributed by atoms with Gasteiger partial charge in [0.05, 0.1) is 18.8 Å². The van der Waals surface area contributed by atoms with Crippen LogP contribution in [0.15, 0.2) is 18.2 Å². The summed E-state index contributed by atoms with van der Waals surface area (Å²) < 4.78 is 10.7. The molecule has 0 aromatic heterocycles. The van der Waals surface area contributed by atoms with Crippen LogP contribution in [0.2, 0.25) is 5.02 Å². The molecule has 8 nitrogen and oxygen atoms in total. The second-order valence-electron chi connectivity index (χ2n) is 6.75. The van der Waals surface area contributed by atoms with Crippen LogP contribution < -0.4 is 20.7 Å². The van der Waals surface area contributed by atoms with Gasteiger partial charge in [-0.25, -0.2) is 0 Å². The summed E-state index contributed by atoms with van der Waals surface area (Å²) in [6.07, 6.45) is 2.82. The first kappa shape index (κ1) is 23.0. The minimum absolute atomic E-state index is 0.127. The molecule has 3 amide bonds. The zero-order chi connectivity index (χ0) is 21.1. The summed E-state index contributed by atoms with van der Waals surface area (Å²) in [5.74, 6) is -0.597. The number of benzene rings is 1. The highest BCUT2D eigenvalue weighted by molar-refractivity contribution is 6.31. The van der Waals surface area contributed by atoms with Gasteiger partial charge in [-0.15, -0.1) is 0 Å². The average Bonchev–Trinajstić information content (AvgIpc) is 2.70. The lowest BCUT2D eigenvalue weighted by molar-refractivity contribution is -0.124. The van der Waals surface area contributed by atoms with Crippen molar-refractivity contribution >= 4 is 29.3 Å². The van der Waals surface area contributed by atoms with Gasteiger partial charge in [-0.05, 0) is 43.9 Å². The number of methoxy groups -OCH3 is 1. The van der Waals surface area contributed by atoms with Crippen LogP contribution in [0.25, 0.3) is 0 Å². The Morgan fingerprint density at radius 1 is 1.31 bits per heavy atom. The van der Waals surface area contributed by atoms with Gasteiger partial charge in [-0.1, -0.05) is 11.6 Å². The van der Waals surface area contributed by atoms with E-state index >= 15 is 0 Å². The van der Waals surface area contributed by atoms with E-state index in [4.69, 9.17) is 21.1 Å². The van der Waals surface area contributed by atoms with E-state index in [-0.39, 0.29) is 30.2 Å². The molecule has 29 heavy (non-hydrogen) atoms. The summed E-state index contributed by atoms with van der Waals surface area (Å²) in [5, 5.41) is 8.64. The molecule has 1 atom stereocenters. The number of rotatable bonds is 4. The molecule has 0 bridgehead atoms. The Morgan fingerprint density at radius 3 is 2.93 bits per heavy atom. The first-order valence-electron chi connectivity index (χ1n) is 9.78. The number of hydrogen-bond acceptors (Lipinski definition) is 5. The van der Waals surface area contributed by atoms with Crippen LogP contribution >= 0.6 is 11.6 Å². The molecule has 3 N–H and O–H groups in total. The molecule has 160 valence electrons. The Morgan fingerprint density at radius 2 is 2.14 bits per heavy atom. The maximum Gasteiger partial charge on any atom is 0.255 e. The number of fused-ring (bicyclic) bond motifs is 1. The van der Waals surface area contributed by atoms with Gasteiger partial charge in [0.1, 0.15) is 11.8 Å². The molecule has 0 unspecified atom stereocenters. The smallest absolute Gasteiger partial charge is 0.255 e. The Kier molecular flexibility index (Phi) is 9.73. The monoisotopic (exact) mass is 425 g/mol. The van der Waals surface area contributed by atoms with Crippen LogP contribution in [0.4, 0.5) is 0 Å². The van der Waals surface area contributed by atoms with Crippen molar-refractivity contribution in [3.63, 3.8) is 0 Å². The summed E-state index contributed by atoms with van der Waals surface area (Å²) in [5.41, 5.74) is 0.256. The fourth-order valence-corrected chi connectivity index (χ4v) is 3.06. The quantitative estimate of drug-likeness (QED) is 0.636. The molecule has 1 aliphatic heterocycles. The number of carbonyl (C=O) groups is 3. The SMILES string of the molecule is COCCNC(=O)[C@@H]1CCC(=O)NCCCCCOc2ccc(Cl)cc2C(=O)N1. The van der Waals surface area contributed by atoms with Gasteiger partial charge in [0.25, 0.3) is 5.91 Å². The lowest BCUT2D eigenvalue weighted by Crippen LogP contribution is -2.48. The predicted molar refractivity (Wildman–Crippen MR) is 109 cm³/mol. The summed E-state index contributed by atoms with van der Waals surface area (Å²) in [4.78, 5) is 37.5. The Balaban J connectivity index is 2.20. The maximum atomic E-state index is 12.9. The second-order valence-corrected chi connectivity index (χ2v) is 7.18. The Labute approximate surface area is 175 Å². The fraction of sp³-hybridized carbons (Fsp3) is 0.550. The van der Waals surface area contributed by atoms with Gasteiger partial charge in [0.15, 0.2) is 0 Å². The predicted octanol–water partition coefficient (Wildman–Crippen LogP) is 1.66. The van der Waals surface area contributed by atoms with Crippen molar-refractivity contribution in [3.8, 4) is 5.75 Å². The van der Waals surface area contributed by atoms with E-state index in [0.717, 1.165) is 19.3 Å². The molecular formula is C20H28ClN3O5. The van der Waals surface area contributed by atoms with Gasteiger partial charge in [0.2, 0.25) is 11.8 Å². The van der Waals surface area contributed by atoms with Crippen LogP contribution in [0.3, 0.4) is 0 Å². The standard InChI is InChI=1S/C20H28ClN3O5/c1-28-12-10-23-20(27)16-6-8-18(25)22-9-3-2-4-11-29-17-7-5-14(21)13-15(17)19(26)24-16/h5,7,13,16H,2-4,6,8-12H2,1H3,(H,22,25)(H,23,27)(H,24,26)/t16-/m0/s1. The molecule has 0 saturated carbocycles. The first-order chi connectivity index (χ1) is 14.0. The summed E-state index contributed by atoms with van der Waals surface area (Å²) in [6.45, 7) is 1.66. The lowest BCUT2D eigenvalue weighted by atomic mass is 10.1. The highest BCUT2D eigenvalue weighted by Crippen LogP contribution is 2.23. The van der Waals surface area contributed by atoms with Crippen molar-refractivity contribution in [2.45, 2.75) is 38.1 Å². The number of carbonyl (C=O) groups excluding carboxylic acids is 3. The normalized spacial score (nSPS) is 18.9. The second kappa shape index (κ2) is 12.3. The van der Waals surface area contributed by atoms with Crippen LogP contribution in [0.5, 0.6) is 5.75 Å². The van der Waals surface area contributed by atoms with E-state index in [1.165, 1.54) is 13.2 Å². The van der Waals surface area contributed by atoms with Crippen molar-refractivity contribution in [1.82, 2.24) is 16.0 Å². The van der Waals surface area contributed by atoms with Crippen molar-refractivity contribution in [2.75, 3.05) is 33.4 Å². The molecule has 0 aliphatic carbocycles.